The molecule has 0 atom stereocenters. The van der Waals surface area contributed by atoms with Crippen LogP contribution in [0.2, 0.25) is 10.0 Å². The molecule has 0 saturated heterocycles. The molecule has 0 N–H and O–H groups in total. The van der Waals surface area contributed by atoms with Gasteiger partial charge in [-0.25, -0.2) is 4.79 Å². The number of hydrogen-bond donors (Lipinski definition) is 0. The molecule has 1 aromatic carbocycles. The third-order valence-electron chi connectivity index (χ3n) is 1.80. The Balaban J connectivity index is 3.13. The van der Waals surface area contributed by atoms with Gasteiger partial charge in [-0.15, -0.1) is 0 Å². The van der Waals surface area contributed by atoms with Crippen LogP contribution >= 0.6 is 23.2 Å². The topological polar surface area (TPSA) is 26.3 Å². The average molecular weight is 257 g/mol. The molecular formula is C12H10Cl2O2. The van der Waals surface area contributed by atoms with Gasteiger partial charge in [0.25, 0.3) is 0 Å². The third-order valence-corrected chi connectivity index (χ3v) is 2.43. The molecule has 0 aliphatic heterocycles. The van der Waals surface area contributed by atoms with Crippen LogP contribution in [0.1, 0.15) is 12.5 Å². The van der Waals surface area contributed by atoms with Crippen LogP contribution in [0.15, 0.2) is 30.9 Å². The van der Waals surface area contributed by atoms with Gasteiger partial charge in [-0.1, -0.05) is 42.4 Å². The van der Waals surface area contributed by atoms with Crippen molar-refractivity contribution in [1.82, 2.24) is 0 Å². The summed E-state index contributed by atoms with van der Waals surface area (Å²) in [5.41, 5.74) is 0.898. The zero-order chi connectivity index (χ0) is 12.3. The maximum absolute atomic E-state index is 11.3. The van der Waals surface area contributed by atoms with Gasteiger partial charge in [0.15, 0.2) is 5.75 Å². The maximum Gasteiger partial charge on any atom is 0.338 e. The van der Waals surface area contributed by atoms with Crippen molar-refractivity contribution in [2.75, 3.05) is 0 Å². The molecule has 0 fully saturated rings. The Morgan fingerprint density at radius 1 is 1.44 bits per heavy atom. The highest BCUT2D eigenvalue weighted by Crippen LogP contribution is 2.33. The molecule has 0 aliphatic carbocycles. The smallest absolute Gasteiger partial charge is 0.338 e. The summed E-state index contributed by atoms with van der Waals surface area (Å²) in [6.07, 6.45) is 1.53. The van der Waals surface area contributed by atoms with Crippen molar-refractivity contribution < 1.29 is 9.53 Å². The second-order valence-electron chi connectivity index (χ2n) is 3.18. The zero-order valence-corrected chi connectivity index (χ0v) is 10.2. The molecule has 0 heterocycles. The Bertz CT molecular complexity index is 464. The fourth-order valence-electron chi connectivity index (χ4n) is 0.994. The van der Waals surface area contributed by atoms with Crippen molar-refractivity contribution in [2.24, 2.45) is 0 Å². The summed E-state index contributed by atoms with van der Waals surface area (Å²) in [6, 6.07) is 3.10. The lowest BCUT2D eigenvalue weighted by Crippen LogP contribution is -2.08. The molecule has 0 radical (unpaired) electrons. The summed E-state index contributed by atoms with van der Waals surface area (Å²) >= 11 is 11.8. The molecule has 0 saturated carbocycles. The van der Waals surface area contributed by atoms with E-state index in [2.05, 4.69) is 13.2 Å². The maximum atomic E-state index is 11.3. The van der Waals surface area contributed by atoms with E-state index in [-0.39, 0.29) is 11.3 Å². The molecule has 0 unspecified atom stereocenters. The minimum Gasteiger partial charge on any atom is -0.422 e. The molecule has 1 rings (SSSR count). The number of carbonyl (C=O) groups excluding carboxylic acids is 1. The summed E-state index contributed by atoms with van der Waals surface area (Å²) in [4.78, 5) is 11.3. The largest absolute Gasteiger partial charge is 0.422 e. The van der Waals surface area contributed by atoms with E-state index < -0.39 is 5.97 Å². The quantitative estimate of drug-likeness (QED) is 0.462. The van der Waals surface area contributed by atoms with Crippen LogP contribution in [0.4, 0.5) is 0 Å². The molecule has 0 amide bonds. The van der Waals surface area contributed by atoms with Crippen molar-refractivity contribution in [3.05, 3.63) is 46.5 Å². The lowest BCUT2D eigenvalue weighted by molar-refractivity contribution is -0.130. The molecule has 0 aromatic heterocycles. The fraction of sp³-hybridized carbons (Fsp3) is 0.0833. The zero-order valence-electron chi connectivity index (χ0n) is 8.72. The summed E-state index contributed by atoms with van der Waals surface area (Å²) in [6.45, 7) is 8.61. The highest BCUT2D eigenvalue weighted by atomic mass is 35.5. The fourth-order valence-corrected chi connectivity index (χ4v) is 1.44. The number of ether oxygens (including phenoxy) is 1. The minimum absolute atomic E-state index is 0.206. The van der Waals surface area contributed by atoms with Gasteiger partial charge in [0.05, 0.1) is 5.02 Å². The second kappa shape index (κ2) is 5.19. The Hall–Kier alpha value is -1.25. The molecule has 16 heavy (non-hydrogen) atoms. The van der Waals surface area contributed by atoms with Gasteiger partial charge >= 0.3 is 5.97 Å². The highest BCUT2D eigenvalue weighted by molar-refractivity contribution is 6.35. The van der Waals surface area contributed by atoms with Crippen LogP contribution in [-0.4, -0.2) is 5.97 Å². The van der Waals surface area contributed by atoms with E-state index in [1.807, 2.05) is 0 Å². The van der Waals surface area contributed by atoms with Crippen LogP contribution in [0.3, 0.4) is 0 Å². The predicted octanol–water partition coefficient (Wildman–Crippen LogP) is 4.12. The lowest BCUT2D eigenvalue weighted by Gasteiger charge is -2.08. The first-order valence-electron chi connectivity index (χ1n) is 4.45. The number of esters is 1. The molecule has 84 valence electrons. The molecular weight excluding hydrogens is 247 g/mol. The number of rotatable bonds is 3. The predicted molar refractivity (Wildman–Crippen MR) is 67.0 cm³/mol. The number of hydrogen-bond acceptors (Lipinski definition) is 2. The van der Waals surface area contributed by atoms with Crippen molar-refractivity contribution in [3.8, 4) is 5.75 Å². The van der Waals surface area contributed by atoms with Crippen LogP contribution in [-0.2, 0) is 4.79 Å². The first-order chi connectivity index (χ1) is 7.45. The second-order valence-corrected chi connectivity index (χ2v) is 4.00. The van der Waals surface area contributed by atoms with Crippen LogP contribution in [0.5, 0.6) is 5.75 Å². The van der Waals surface area contributed by atoms with Gasteiger partial charge in [0.1, 0.15) is 0 Å². The van der Waals surface area contributed by atoms with E-state index in [1.54, 1.807) is 13.0 Å². The van der Waals surface area contributed by atoms with Gasteiger partial charge in [-0.3, -0.25) is 0 Å². The molecule has 0 bridgehead atoms. The van der Waals surface area contributed by atoms with E-state index in [1.165, 1.54) is 12.1 Å². The molecule has 2 nitrogen and oxygen atoms in total. The van der Waals surface area contributed by atoms with Gasteiger partial charge in [0.2, 0.25) is 0 Å². The van der Waals surface area contributed by atoms with E-state index in [0.29, 0.717) is 15.6 Å². The normalized spacial score (nSPS) is 9.69. The van der Waals surface area contributed by atoms with E-state index in [4.69, 9.17) is 27.9 Å². The van der Waals surface area contributed by atoms with Crippen LogP contribution in [0, 0.1) is 0 Å². The number of benzene rings is 1. The number of carbonyl (C=O) groups is 1. The first kappa shape index (κ1) is 12.8. The molecule has 0 spiro atoms. The Kier molecular flexibility index (Phi) is 4.16. The molecule has 0 aliphatic rings. The van der Waals surface area contributed by atoms with E-state index in [0.717, 1.165) is 0 Å². The first-order valence-corrected chi connectivity index (χ1v) is 5.20. The van der Waals surface area contributed by atoms with Gasteiger partial charge in [-0.2, -0.15) is 0 Å². The minimum atomic E-state index is -0.542. The Morgan fingerprint density at radius 2 is 2.06 bits per heavy atom. The van der Waals surface area contributed by atoms with Gasteiger partial charge in [-0.05, 0) is 18.6 Å². The van der Waals surface area contributed by atoms with Crippen molar-refractivity contribution in [3.63, 3.8) is 0 Å². The average Bonchev–Trinajstić information content (AvgIpc) is 2.22. The summed E-state index contributed by atoms with van der Waals surface area (Å²) < 4.78 is 5.03. The summed E-state index contributed by atoms with van der Waals surface area (Å²) in [5.74, 6) is -0.337. The summed E-state index contributed by atoms with van der Waals surface area (Å²) in [5, 5.41) is 0.720. The molecule has 1 aromatic rings. The standard InChI is InChI=1S/C12H10Cl2O2/c1-4-8-5-9(13)6-10(11(8)14)16-12(15)7(2)3/h4-6H,1-2H2,3H3. The Labute approximate surface area is 104 Å². The third kappa shape index (κ3) is 2.87. The highest BCUT2D eigenvalue weighted by Gasteiger charge is 2.12. The van der Waals surface area contributed by atoms with E-state index in [9.17, 15) is 4.79 Å². The van der Waals surface area contributed by atoms with Crippen molar-refractivity contribution in [1.29, 1.82) is 0 Å². The SMILES string of the molecule is C=Cc1cc(Cl)cc(OC(=O)C(=C)C)c1Cl. The van der Waals surface area contributed by atoms with Crippen molar-refractivity contribution in [2.45, 2.75) is 6.92 Å². The number of halogens is 2. The van der Waals surface area contributed by atoms with Gasteiger partial charge in [0, 0.05) is 16.7 Å². The Morgan fingerprint density at radius 3 is 2.56 bits per heavy atom. The van der Waals surface area contributed by atoms with Crippen molar-refractivity contribution >= 4 is 35.2 Å². The van der Waals surface area contributed by atoms with E-state index >= 15 is 0 Å². The monoisotopic (exact) mass is 256 g/mol. The van der Waals surface area contributed by atoms with Crippen LogP contribution < -0.4 is 4.74 Å². The molecule has 4 heteroatoms. The van der Waals surface area contributed by atoms with Gasteiger partial charge < -0.3 is 4.74 Å². The van der Waals surface area contributed by atoms with Crippen LogP contribution in [0.25, 0.3) is 6.08 Å². The lowest BCUT2D eigenvalue weighted by atomic mass is 10.2. The summed E-state index contributed by atoms with van der Waals surface area (Å²) in [7, 11) is 0.